The highest BCUT2D eigenvalue weighted by Crippen LogP contribution is 2.16. The summed E-state index contributed by atoms with van der Waals surface area (Å²) in [4.78, 5) is 9.06. The Morgan fingerprint density at radius 3 is 2.44 bits per heavy atom. The van der Waals surface area contributed by atoms with Crippen molar-refractivity contribution in [3.63, 3.8) is 0 Å². The van der Waals surface area contributed by atoms with E-state index in [-0.39, 0.29) is 0 Å². The minimum Gasteiger partial charge on any atom is -0.360 e. The zero-order chi connectivity index (χ0) is 13.5. The van der Waals surface area contributed by atoms with E-state index >= 15 is 0 Å². The minimum absolute atomic E-state index is 0.550. The molecule has 0 radical (unpaired) electrons. The average Bonchev–Trinajstić information content (AvgIpc) is 2.37. The van der Waals surface area contributed by atoms with Gasteiger partial charge in [0, 0.05) is 25.2 Å². The van der Waals surface area contributed by atoms with Gasteiger partial charge in [-0.1, -0.05) is 6.92 Å². The summed E-state index contributed by atoms with van der Waals surface area (Å²) in [5, 5.41) is 0. The topological polar surface area (TPSA) is 19.4 Å². The number of hydrogen-bond donors (Lipinski definition) is 0. The van der Waals surface area contributed by atoms with Crippen LogP contribution < -0.4 is 4.90 Å². The Hall–Kier alpha value is -0.800. The molecule has 1 aromatic heterocycles. The van der Waals surface area contributed by atoms with Crippen LogP contribution >= 0.6 is 11.6 Å². The number of halogens is 1. The number of aryl methyl sites for hydroxylation is 1. The van der Waals surface area contributed by atoms with Crippen molar-refractivity contribution in [3.05, 3.63) is 23.4 Å². The van der Waals surface area contributed by atoms with Crippen LogP contribution in [-0.2, 0) is 12.3 Å². The highest BCUT2D eigenvalue weighted by atomic mass is 35.5. The molecule has 0 aliphatic heterocycles. The van der Waals surface area contributed by atoms with Crippen molar-refractivity contribution in [2.45, 2.75) is 25.6 Å². The van der Waals surface area contributed by atoms with Gasteiger partial charge in [0.15, 0.2) is 0 Å². The molecule has 0 unspecified atom stereocenters. The zero-order valence-electron chi connectivity index (χ0n) is 11.9. The molecule has 3 nitrogen and oxygen atoms in total. The van der Waals surface area contributed by atoms with Gasteiger partial charge in [-0.15, -0.1) is 11.6 Å². The molecule has 0 spiro atoms. The SMILES string of the molecule is CCc1cc(CCl)cc(N(C)CCCN(C)C)n1. The molecule has 102 valence electrons. The first-order valence-corrected chi connectivity index (χ1v) is 7.02. The molecule has 0 fully saturated rings. The summed E-state index contributed by atoms with van der Waals surface area (Å²) in [5.74, 6) is 1.58. The second-order valence-corrected chi connectivity index (χ2v) is 5.16. The molecular formula is C14H24ClN3. The number of rotatable bonds is 7. The summed E-state index contributed by atoms with van der Waals surface area (Å²) in [7, 11) is 6.29. The monoisotopic (exact) mass is 269 g/mol. The molecule has 0 saturated carbocycles. The third-order valence-corrected chi connectivity index (χ3v) is 3.24. The van der Waals surface area contributed by atoms with Gasteiger partial charge in [-0.25, -0.2) is 4.98 Å². The van der Waals surface area contributed by atoms with E-state index in [1.54, 1.807) is 0 Å². The number of aromatic nitrogens is 1. The Morgan fingerprint density at radius 1 is 1.17 bits per heavy atom. The molecule has 0 saturated heterocycles. The number of nitrogens with zero attached hydrogens (tertiary/aromatic N) is 3. The molecule has 0 aliphatic rings. The Kier molecular flexibility index (Phi) is 6.44. The number of hydrogen-bond acceptors (Lipinski definition) is 3. The van der Waals surface area contributed by atoms with Crippen LogP contribution in [0.4, 0.5) is 5.82 Å². The maximum atomic E-state index is 5.93. The van der Waals surface area contributed by atoms with Gasteiger partial charge in [-0.3, -0.25) is 0 Å². The maximum absolute atomic E-state index is 5.93. The second-order valence-electron chi connectivity index (χ2n) is 4.89. The van der Waals surface area contributed by atoms with E-state index in [1.165, 1.54) is 0 Å². The normalized spacial score (nSPS) is 11.0. The van der Waals surface area contributed by atoms with Crippen molar-refractivity contribution in [2.75, 3.05) is 39.1 Å². The molecule has 18 heavy (non-hydrogen) atoms. The lowest BCUT2D eigenvalue weighted by molar-refractivity contribution is 0.401. The first-order chi connectivity index (χ1) is 8.56. The fourth-order valence-electron chi connectivity index (χ4n) is 1.83. The van der Waals surface area contributed by atoms with Gasteiger partial charge in [0.25, 0.3) is 0 Å². The summed E-state index contributed by atoms with van der Waals surface area (Å²) in [6.45, 7) is 4.23. The van der Waals surface area contributed by atoms with E-state index in [0.29, 0.717) is 5.88 Å². The molecule has 0 atom stereocenters. The van der Waals surface area contributed by atoms with Crippen molar-refractivity contribution in [3.8, 4) is 0 Å². The van der Waals surface area contributed by atoms with E-state index in [4.69, 9.17) is 11.6 Å². The van der Waals surface area contributed by atoms with Gasteiger partial charge in [0.1, 0.15) is 5.82 Å². The van der Waals surface area contributed by atoms with E-state index in [9.17, 15) is 0 Å². The molecule has 1 aromatic rings. The van der Waals surface area contributed by atoms with Crippen molar-refractivity contribution < 1.29 is 0 Å². The molecule has 0 aliphatic carbocycles. The van der Waals surface area contributed by atoms with Crippen molar-refractivity contribution in [1.82, 2.24) is 9.88 Å². The first kappa shape index (κ1) is 15.3. The van der Waals surface area contributed by atoms with Crippen molar-refractivity contribution in [1.29, 1.82) is 0 Å². The quantitative estimate of drug-likeness (QED) is 0.710. The van der Waals surface area contributed by atoms with Crippen molar-refractivity contribution >= 4 is 17.4 Å². The molecule has 1 heterocycles. The van der Waals surface area contributed by atoms with Gasteiger partial charge in [0.2, 0.25) is 0 Å². The second kappa shape index (κ2) is 7.59. The predicted octanol–water partition coefficient (Wildman–Crippen LogP) is 2.77. The van der Waals surface area contributed by atoms with Crippen LogP contribution in [0.3, 0.4) is 0 Å². The Bertz CT molecular complexity index is 344. The number of alkyl halides is 1. The predicted molar refractivity (Wildman–Crippen MR) is 79.6 cm³/mol. The number of pyridine rings is 1. The van der Waals surface area contributed by atoms with E-state index in [1.807, 2.05) is 0 Å². The van der Waals surface area contributed by atoms with E-state index < -0.39 is 0 Å². The lowest BCUT2D eigenvalue weighted by Crippen LogP contribution is -2.24. The summed E-state index contributed by atoms with van der Waals surface area (Å²) < 4.78 is 0. The molecular weight excluding hydrogens is 246 g/mol. The third kappa shape index (κ3) is 4.83. The molecule has 0 bridgehead atoms. The summed E-state index contributed by atoms with van der Waals surface area (Å²) in [6.07, 6.45) is 2.08. The summed E-state index contributed by atoms with van der Waals surface area (Å²) in [5.41, 5.74) is 2.26. The van der Waals surface area contributed by atoms with Crippen LogP contribution in [0.15, 0.2) is 12.1 Å². The van der Waals surface area contributed by atoms with Crippen LogP contribution in [0.1, 0.15) is 24.6 Å². The van der Waals surface area contributed by atoms with Crippen LogP contribution in [0.5, 0.6) is 0 Å². The first-order valence-electron chi connectivity index (χ1n) is 6.48. The molecule has 1 rings (SSSR count). The van der Waals surface area contributed by atoms with Crippen molar-refractivity contribution in [2.24, 2.45) is 0 Å². The minimum atomic E-state index is 0.550. The van der Waals surface area contributed by atoms with Gasteiger partial charge in [0.05, 0.1) is 0 Å². The average molecular weight is 270 g/mol. The Balaban J connectivity index is 2.68. The smallest absolute Gasteiger partial charge is 0.128 e. The van der Waals surface area contributed by atoms with E-state index in [0.717, 1.165) is 43.0 Å². The zero-order valence-corrected chi connectivity index (χ0v) is 12.7. The number of anilines is 1. The Morgan fingerprint density at radius 2 is 1.89 bits per heavy atom. The third-order valence-electron chi connectivity index (χ3n) is 2.93. The van der Waals surface area contributed by atoms with Crippen LogP contribution in [0.25, 0.3) is 0 Å². The lowest BCUT2D eigenvalue weighted by atomic mass is 10.2. The van der Waals surface area contributed by atoms with Gasteiger partial charge in [-0.2, -0.15) is 0 Å². The highest BCUT2D eigenvalue weighted by Gasteiger charge is 2.06. The highest BCUT2D eigenvalue weighted by molar-refractivity contribution is 6.17. The summed E-state index contributed by atoms with van der Waals surface area (Å²) >= 11 is 5.93. The molecule has 0 amide bonds. The fourth-order valence-corrected chi connectivity index (χ4v) is 1.98. The standard InChI is InChI=1S/C14H24ClN3/c1-5-13-9-12(11-15)10-14(16-13)18(4)8-6-7-17(2)3/h9-10H,5-8,11H2,1-4H3. The molecule has 0 N–H and O–H groups in total. The lowest BCUT2D eigenvalue weighted by Gasteiger charge is -2.20. The van der Waals surface area contributed by atoms with E-state index in [2.05, 4.69) is 55.0 Å². The fraction of sp³-hybridized carbons (Fsp3) is 0.643. The molecule has 4 heteroatoms. The van der Waals surface area contributed by atoms with Crippen LogP contribution in [0.2, 0.25) is 0 Å². The van der Waals surface area contributed by atoms with Gasteiger partial charge in [-0.05, 0) is 51.2 Å². The van der Waals surface area contributed by atoms with Crippen LogP contribution in [-0.4, -0.2) is 44.1 Å². The van der Waals surface area contributed by atoms with Crippen LogP contribution in [0, 0.1) is 0 Å². The summed E-state index contributed by atoms with van der Waals surface area (Å²) in [6, 6.07) is 4.17. The Labute approximate surface area is 116 Å². The van der Waals surface area contributed by atoms with Gasteiger partial charge >= 0.3 is 0 Å². The maximum Gasteiger partial charge on any atom is 0.128 e. The largest absolute Gasteiger partial charge is 0.360 e. The molecule has 0 aromatic carbocycles. The van der Waals surface area contributed by atoms with Gasteiger partial charge < -0.3 is 9.80 Å².